The molecular formula is C14H25N2O. The average Bonchev–Trinajstić information content (AvgIpc) is 2.54. The monoisotopic (exact) mass is 237 g/mol. The highest BCUT2D eigenvalue weighted by molar-refractivity contribution is 5.73. The predicted octanol–water partition coefficient (Wildman–Crippen LogP) is 3.17. The summed E-state index contributed by atoms with van der Waals surface area (Å²) in [5, 5.41) is 4.21. The van der Waals surface area contributed by atoms with E-state index in [-0.39, 0.29) is 6.03 Å². The summed E-state index contributed by atoms with van der Waals surface area (Å²) in [5.41, 5.74) is 0. The summed E-state index contributed by atoms with van der Waals surface area (Å²) in [6.45, 7) is 2.59. The molecule has 0 unspecified atom stereocenters. The molecule has 1 saturated carbocycles. The van der Waals surface area contributed by atoms with Gasteiger partial charge in [-0.1, -0.05) is 32.1 Å². The van der Waals surface area contributed by atoms with Crippen LogP contribution in [0.4, 0.5) is 4.79 Å². The van der Waals surface area contributed by atoms with Gasteiger partial charge in [-0.15, -0.1) is 0 Å². The third-order valence-corrected chi connectivity index (χ3v) is 4.12. The van der Waals surface area contributed by atoms with Crippen molar-refractivity contribution < 1.29 is 4.79 Å². The zero-order valence-electron chi connectivity index (χ0n) is 10.9. The van der Waals surface area contributed by atoms with E-state index in [9.17, 15) is 4.79 Å². The highest BCUT2D eigenvalue weighted by Crippen LogP contribution is 2.30. The average molecular weight is 237 g/mol. The molecule has 2 aliphatic rings. The lowest BCUT2D eigenvalue weighted by molar-refractivity contribution is 0.197. The number of urea groups is 1. The second kappa shape index (κ2) is 6.87. The number of rotatable bonds is 4. The lowest BCUT2D eigenvalue weighted by atomic mass is 9.82. The molecule has 1 aliphatic heterocycles. The molecule has 0 bridgehead atoms. The van der Waals surface area contributed by atoms with Crippen molar-refractivity contribution in [2.75, 3.05) is 19.6 Å². The van der Waals surface area contributed by atoms with Gasteiger partial charge >= 0.3 is 6.03 Å². The first-order valence-electron chi connectivity index (χ1n) is 7.32. The Morgan fingerprint density at radius 1 is 1.06 bits per heavy atom. The zero-order valence-corrected chi connectivity index (χ0v) is 10.9. The van der Waals surface area contributed by atoms with E-state index in [2.05, 4.69) is 5.32 Å². The Kier molecular flexibility index (Phi) is 5.14. The predicted molar refractivity (Wildman–Crippen MR) is 69.0 cm³/mol. The zero-order chi connectivity index (χ0) is 11.9. The van der Waals surface area contributed by atoms with E-state index in [1.165, 1.54) is 38.5 Å². The third-order valence-electron chi connectivity index (χ3n) is 4.12. The minimum atomic E-state index is 0.0421. The fraction of sp³-hybridized carbons (Fsp3) is 0.929. The smallest absolute Gasteiger partial charge is 0.323 e. The molecule has 3 heteroatoms. The summed E-state index contributed by atoms with van der Waals surface area (Å²) in [4.78, 5) is 13.8. The lowest BCUT2D eigenvalue weighted by Crippen LogP contribution is -2.37. The number of hydrogen-bond acceptors (Lipinski definition) is 1. The minimum Gasteiger partial charge on any atom is -0.323 e. The molecule has 0 aromatic rings. The Hall–Kier alpha value is -0.730. The van der Waals surface area contributed by atoms with Crippen molar-refractivity contribution in [1.82, 2.24) is 10.2 Å². The lowest BCUT2D eigenvalue weighted by Gasteiger charge is -2.25. The van der Waals surface area contributed by atoms with Gasteiger partial charge in [0.05, 0.1) is 0 Å². The van der Waals surface area contributed by atoms with Crippen molar-refractivity contribution in [2.24, 2.45) is 5.92 Å². The van der Waals surface area contributed by atoms with Gasteiger partial charge in [-0.25, -0.2) is 10.1 Å². The van der Waals surface area contributed by atoms with E-state index < -0.39 is 0 Å². The van der Waals surface area contributed by atoms with E-state index in [1.807, 2.05) is 4.90 Å². The Balaban J connectivity index is 1.55. The highest BCUT2D eigenvalue weighted by atomic mass is 16.2. The molecule has 1 heterocycles. The van der Waals surface area contributed by atoms with Crippen molar-refractivity contribution in [3.8, 4) is 0 Å². The van der Waals surface area contributed by atoms with Crippen molar-refractivity contribution in [3.05, 3.63) is 0 Å². The molecule has 1 saturated heterocycles. The van der Waals surface area contributed by atoms with Crippen LogP contribution in [0.5, 0.6) is 0 Å². The van der Waals surface area contributed by atoms with E-state index in [4.69, 9.17) is 0 Å². The van der Waals surface area contributed by atoms with Crippen LogP contribution in [-0.2, 0) is 0 Å². The number of carbonyl (C=O) groups excluding carboxylic acids is 1. The molecule has 2 amide bonds. The van der Waals surface area contributed by atoms with Crippen LogP contribution in [0.2, 0.25) is 0 Å². The molecule has 1 aliphatic carbocycles. The second-order valence-corrected chi connectivity index (χ2v) is 5.50. The van der Waals surface area contributed by atoms with Crippen LogP contribution in [0.3, 0.4) is 0 Å². The highest BCUT2D eigenvalue weighted by Gasteiger charge is 2.18. The van der Waals surface area contributed by atoms with Gasteiger partial charge in [0.25, 0.3) is 0 Å². The Labute approximate surface area is 105 Å². The van der Waals surface area contributed by atoms with Crippen molar-refractivity contribution >= 4 is 6.03 Å². The molecule has 1 radical (unpaired) electrons. The standard InChI is InChI=1S/C14H25N2O/c17-14(16-11-3-1-2-4-12-16)15-10-6-9-13-7-5-8-13/h13H,1-12H2. The molecule has 0 N–H and O–H groups in total. The number of likely N-dealkylation sites (tertiary alicyclic amines) is 1. The number of amides is 2. The van der Waals surface area contributed by atoms with Gasteiger partial charge < -0.3 is 4.90 Å². The Morgan fingerprint density at radius 3 is 2.35 bits per heavy atom. The van der Waals surface area contributed by atoms with Gasteiger partial charge in [-0.05, 0) is 31.6 Å². The SMILES string of the molecule is O=C([N]CCCC1CCC1)N1CCCCCC1. The summed E-state index contributed by atoms with van der Waals surface area (Å²) in [6.07, 6.45) is 11.4. The van der Waals surface area contributed by atoms with Crippen molar-refractivity contribution in [1.29, 1.82) is 0 Å². The summed E-state index contributed by atoms with van der Waals surface area (Å²) in [5.74, 6) is 0.943. The Morgan fingerprint density at radius 2 is 1.76 bits per heavy atom. The van der Waals surface area contributed by atoms with Crippen LogP contribution in [-0.4, -0.2) is 30.6 Å². The summed E-state index contributed by atoms with van der Waals surface area (Å²) < 4.78 is 0. The van der Waals surface area contributed by atoms with Crippen LogP contribution < -0.4 is 5.32 Å². The molecule has 3 nitrogen and oxygen atoms in total. The minimum absolute atomic E-state index is 0.0421. The van der Waals surface area contributed by atoms with Gasteiger partial charge in [0.2, 0.25) is 0 Å². The van der Waals surface area contributed by atoms with Gasteiger partial charge in [0, 0.05) is 19.6 Å². The summed E-state index contributed by atoms with van der Waals surface area (Å²) >= 11 is 0. The van der Waals surface area contributed by atoms with Crippen LogP contribution in [0.1, 0.15) is 57.8 Å². The molecular weight excluding hydrogens is 212 g/mol. The van der Waals surface area contributed by atoms with Crippen LogP contribution >= 0.6 is 0 Å². The molecule has 0 aromatic carbocycles. The maximum Gasteiger partial charge on any atom is 0.338 e. The quantitative estimate of drug-likeness (QED) is 0.692. The van der Waals surface area contributed by atoms with E-state index in [0.717, 1.165) is 44.8 Å². The molecule has 2 fully saturated rings. The fourth-order valence-corrected chi connectivity index (χ4v) is 2.70. The molecule has 2 rings (SSSR count). The molecule has 0 atom stereocenters. The largest absolute Gasteiger partial charge is 0.338 e. The fourth-order valence-electron chi connectivity index (χ4n) is 2.70. The normalized spacial score (nSPS) is 21.8. The van der Waals surface area contributed by atoms with Gasteiger partial charge in [-0.2, -0.15) is 0 Å². The second-order valence-electron chi connectivity index (χ2n) is 5.50. The van der Waals surface area contributed by atoms with Crippen molar-refractivity contribution in [2.45, 2.75) is 57.8 Å². The first-order chi connectivity index (χ1) is 8.36. The first-order valence-corrected chi connectivity index (χ1v) is 7.32. The molecule has 0 spiro atoms. The number of carbonyl (C=O) groups is 1. The van der Waals surface area contributed by atoms with Crippen LogP contribution in [0.25, 0.3) is 0 Å². The van der Waals surface area contributed by atoms with Crippen molar-refractivity contribution in [3.63, 3.8) is 0 Å². The summed E-state index contributed by atoms with van der Waals surface area (Å²) in [7, 11) is 0. The maximum atomic E-state index is 11.8. The third kappa shape index (κ3) is 4.21. The molecule has 17 heavy (non-hydrogen) atoms. The topological polar surface area (TPSA) is 34.4 Å². The van der Waals surface area contributed by atoms with Gasteiger partial charge in [-0.3, -0.25) is 0 Å². The maximum absolute atomic E-state index is 11.8. The molecule has 97 valence electrons. The molecule has 0 aromatic heterocycles. The van der Waals surface area contributed by atoms with Crippen LogP contribution in [0.15, 0.2) is 0 Å². The summed E-state index contributed by atoms with van der Waals surface area (Å²) in [6, 6.07) is 0.0421. The Bertz CT molecular complexity index is 230. The first kappa shape index (κ1) is 12.7. The van der Waals surface area contributed by atoms with Gasteiger partial charge in [0.1, 0.15) is 0 Å². The van der Waals surface area contributed by atoms with E-state index >= 15 is 0 Å². The number of hydrogen-bond donors (Lipinski definition) is 0. The van der Waals surface area contributed by atoms with Gasteiger partial charge in [0.15, 0.2) is 0 Å². The number of nitrogens with zero attached hydrogens (tertiary/aromatic N) is 2. The van der Waals surface area contributed by atoms with E-state index in [1.54, 1.807) is 0 Å². The van der Waals surface area contributed by atoms with E-state index in [0.29, 0.717) is 0 Å². The van der Waals surface area contributed by atoms with Crippen LogP contribution in [0, 0.1) is 5.92 Å².